The van der Waals surface area contributed by atoms with Crippen LogP contribution in [0.4, 0.5) is 0 Å². The monoisotopic (exact) mass is 272 g/mol. The normalized spacial score (nSPS) is 12.8. The van der Waals surface area contributed by atoms with Crippen LogP contribution in [-0.2, 0) is 20.1 Å². The van der Waals surface area contributed by atoms with Crippen molar-refractivity contribution in [3.63, 3.8) is 0 Å². The zero-order valence-corrected chi connectivity index (χ0v) is 12.6. The van der Waals surface area contributed by atoms with Gasteiger partial charge in [0.2, 0.25) is 0 Å². The van der Waals surface area contributed by atoms with Crippen molar-refractivity contribution in [1.29, 1.82) is 0 Å². The number of benzene rings is 1. The molecule has 1 aromatic carbocycles. The standard InChI is InChI=1S/C16H24N4/c1-13(8-17)16-6-4-14(5-7-16)10-19(2)11-15-9-18-20(3)12-15/h4-7,9,12-13H,8,10-11,17H2,1-3H3. The van der Waals surface area contributed by atoms with Gasteiger partial charge in [0.25, 0.3) is 0 Å². The van der Waals surface area contributed by atoms with E-state index >= 15 is 0 Å². The minimum Gasteiger partial charge on any atom is -0.330 e. The molecule has 0 saturated heterocycles. The van der Waals surface area contributed by atoms with Gasteiger partial charge in [-0.15, -0.1) is 0 Å². The second kappa shape index (κ2) is 6.68. The lowest BCUT2D eigenvalue weighted by Crippen LogP contribution is -2.17. The third kappa shape index (κ3) is 3.92. The Bertz CT molecular complexity index is 530. The van der Waals surface area contributed by atoms with E-state index in [1.165, 1.54) is 16.7 Å². The molecule has 2 aromatic rings. The highest BCUT2D eigenvalue weighted by atomic mass is 15.2. The molecule has 2 N–H and O–H groups in total. The molecule has 1 atom stereocenters. The average Bonchev–Trinajstić information content (AvgIpc) is 2.84. The maximum absolute atomic E-state index is 5.69. The lowest BCUT2D eigenvalue weighted by atomic mass is 10.00. The second-order valence-electron chi connectivity index (χ2n) is 5.57. The molecule has 0 saturated carbocycles. The van der Waals surface area contributed by atoms with E-state index in [-0.39, 0.29) is 0 Å². The molecule has 0 bridgehead atoms. The van der Waals surface area contributed by atoms with Crippen molar-refractivity contribution >= 4 is 0 Å². The Kier molecular flexibility index (Phi) is 4.93. The number of aromatic nitrogens is 2. The summed E-state index contributed by atoms with van der Waals surface area (Å²) in [7, 11) is 4.07. The molecule has 0 fully saturated rings. The molecule has 0 aliphatic carbocycles. The number of rotatable bonds is 6. The van der Waals surface area contributed by atoms with Gasteiger partial charge in [0, 0.05) is 31.9 Å². The molecule has 4 nitrogen and oxygen atoms in total. The zero-order chi connectivity index (χ0) is 14.5. The summed E-state index contributed by atoms with van der Waals surface area (Å²) < 4.78 is 1.84. The van der Waals surface area contributed by atoms with Gasteiger partial charge < -0.3 is 5.73 Å². The first-order valence-electron chi connectivity index (χ1n) is 7.03. The van der Waals surface area contributed by atoms with Crippen molar-refractivity contribution in [3.05, 3.63) is 53.3 Å². The quantitative estimate of drug-likeness (QED) is 0.876. The smallest absolute Gasteiger partial charge is 0.0534 e. The Morgan fingerprint density at radius 2 is 1.85 bits per heavy atom. The fourth-order valence-electron chi connectivity index (χ4n) is 2.32. The highest BCUT2D eigenvalue weighted by molar-refractivity contribution is 5.25. The first-order chi connectivity index (χ1) is 9.58. The van der Waals surface area contributed by atoms with Crippen molar-refractivity contribution in [3.8, 4) is 0 Å². The van der Waals surface area contributed by atoms with Crippen LogP contribution in [0.3, 0.4) is 0 Å². The molecule has 0 amide bonds. The highest BCUT2D eigenvalue weighted by Gasteiger charge is 2.05. The van der Waals surface area contributed by atoms with E-state index in [4.69, 9.17) is 5.73 Å². The predicted molar refractivity (Wildman–Crippen MR) is 82.3 cm³/mol. The zero-order valence-electron chi connectivity index (χ0n) is 12.6. The maximum Gasteiger partial charge on any atom is 0.0534 e. The lowest BCUT2D eigenvalue weighted by Gasteiger charge is -2.16. The van der Waals surface area contributed by atoms with Crippen molar-refractivity contribution in [2.24, 2.45) is 12.8 Å². The lowest BCUT2D eigenvalue weighted by molar-refractivity contribution is 0.319. The molecule has 4 heteroatoms. The summed E-state index contributed by atoms with van der Waals surface area (Å²) >= 11 is 0. The molecule has 1 aromatic heterocycles. The van der Waals surface area contributed by atoms with Gasteiger partial charge in [-0.3, -0.25) is 9.58 Å². The summed E-state index contributed by atoms with van der Waals surface area (Å²) in [6.45, 7) is 4.70. The number of nitrogens with zero attached hydrogens (tertiary/aromatic N) is 3. The van der Waals surface area contributed by atoms with Gasteiger partial charge in [0.15, 0.2) is 0 Å². The summed E-state index contributed by atoms with van der Waals surface area (Å²) in [4.78, 5) is 2.29. The topological polar surface area (TPSA) is 47.1 Å². The summed E-state index contributed by atoms with van der Waals surface area (Å²) in [6.07, 6.45) is 3.98. The van der Waals surface area contributed by atoms with Gasteiger partial charge in [-0.25, -0.2) is 0 Å². The summed E-state index contributed by atoms with van der Waals surface area (Å²) in [6, 6.07) is 8.76. The van der Waals surface area contributed by atoms with E-state index in [1.54, 1.807) is 0 Å². The maximum atomic E-state index is 5.69. The van der Waals surface area contributed by atoms with E-state index in [1.807, 2.05) is 17.9 Å². The number of hydrogen-bond acceptors (Lipinski definition) is 3. The second-order valence-corrected chi connectivity index (χ2v) is 5.57. The molecule has 1 unspecified atom stereocenters. The first kappa shape index (κ1) is 14.8. The van der Waals surface area contributed by atoms with E-state index in [2.05, 4.69) is 54.4 Å². The van der Waals surface area contributed by atoms with Crippen LogP contribution >= 0.6 is 0 Å². The van der Waals surface area contributed by atoms with Crippen LogP contribution in [0.5, 0.6) is 0 Å². The van der Waals surface area contributed by atoms with Gasteiger partial charge >= 0.3 is 0 Å². The number of hydrogen-bond donors (Lipinski definition) is 1. The van der Waals surface area contributed by atoms with Crippen LogP contribution in [0, 0.1) is 0 Å². The highest BCUT2D eigenvalue weighted by Crippen LogP contribution is 2.15. The Balaban J connectivity index is 1.92. The van der Waals surface area contributed by atoms with Crippen LogP contribution < -0.4 is 5.73 Å². The minimum absolute atomic E-state index is 0.428. The molecular weight excluding hydrogens is 248 g/mol. The van der Waals surface area contributed by atoms with E-state index in [0.29, 0.717) is 12.5 Å². The molecule has 0 aliphatic heterocycles. The summed E-state index contributed by atoms with van der Waals surface area (Å²) in [5.74, 6) is 0.428. The minimum atomic E-state index is 0.428. The van der Waals surface area contributed by atoms with Crippen molar-refractivity contribution < 1.29 is 0 Å². The Labute approximate surface area is 121 Å². The summed E-state index contributed by atoms with van der Waals surface area (Å²) in [5, 5.41) is 4.20. The van der Waals surface area contributed by atoms with Crippen LogP contribution in [0.1, 0.15) is 29.5 Å². The molecule has 20 heavy (non-hydrogen) atoms. The third-order valence-corrected chi connectivity index (χ3v) is 3.57. The molecule has 1 heterocycles. The van der Waals surface area contributed by atoms with Crippen molar-refractivity contribution in [2.75, 3.05) is 13.6 Å². The molecule has 0 radical (unpaired) electrons. The van der Waals surface area contributed by atoms with Gasteiger partial charge in [0.1, 0.15) is 0 Å². The van der Waals surface area contributed by atoms with Gasteiger partial charge in [-0.1, -0.05) is 31.2 Å². The van der Waals surface area contributed by atoms with Crippen molar-refractivity contribution in [1.82, 2.24) is 14.7 Å². The molecular formula is C16H24N4. The van der Waals surface area contributed by atoms with Crippen LogP contribution in [0.25, 0.3) is 0 Å². The van der Waals surface area contributed by atoms with E-state index < -0.39 is 0 Å². The molecule has 108 valence electrons. The predicted octanol–water partition coefficient (Wildman–Crippen LogP) is 2.11. The van der Waals surface area contributed by atoms with Gasteiger partial charge in [-0.2, -0.15) is 5.10 Å². The number of aryl methyl sites for hydroxylation is 1. The third-order valence-electron chi connectivity index (χ3n) is 3.57. The number of nitrogens with two attached hydrogens (primary N) is 1. The first-order valence-corrected chi connectivity index (χ1v) is 7.03. The molecule has 2 rings (SSSR count). The van der Waals surface area contributed by atoms with Gasteiger partial charge in [-0.05, 0) is 30.6 Å². The van der Waals surface area contributed by atoms with E-state index in [9.17, 15) is 0 Å². The molecule has 0 spiro atoms. The Morgan fingerprint density at radius 3 is 2.40 bits per heavy atom. The average molecular weight is 272 g/mol. The SMILES string of the molecule is CC(CN)c1ccc(CN(C)Cc2cnn(C)c2)cc1. The summed E-state index contributed by atoms with van der Waals surface area (Å²) in [5.41, 5.74) is 9.57. The Morgan fingerprint density at radius 1 is 1.20 bits per heavy atom. The van der Waals surface area contributed by atoms with Crippen LogP contribution in [0.15, 0.2) is 36.7 Å². The molecule has 0 aliphatic rings. The largest absolute Gasteiger partial charge is 0.330 e. The fourth-order valence-corrected chi connectivity index (χ4v) is 2.32. The Hall–Kier alpha value is -1.65. The van der Waals surface area contributed by atoms with Gasteiger partial charge in [0.05, 0.1) is 6.20 Å². The van der Waals surface area contributed by atoms with Crippen molar-refractivity contribution in [2.45, 2.75) is 25.9 Å². The van der Waals surface area contributed by atoms with Crippen LogP contribution in [-0.4, -0.2) is 28.3 Å². The van der Waals surface area contributed by atoms with E-state index in [0.717, 1.165) is 13.1 Å². The van der Waals surface area contributed by atoms with Crippen LogP contribution in [0.2, 0.25) is 0 Å². The fraction of sp³-hybridized carbons (Fsp3) is 0.438.